The molecule has 0 saturated carbocycles. The number of anilines is 1. The van der Waals surface area contributed by atoms with Crippen LogP contribution in [0.1, 0.15) is 0 Å². The number of rotatable bonds is 3. The van der Waals surface area contributed by atoms with Gasteiger partial charge in [-0.25, -0.2) is 4.68 Å². The van der Waals surface area contributed by atoms with Gasteiger partial charge in [-0.15, -0.1) is 0 Å². The maximum absolute atomic E-state index is 11.3. The van der Waals surface area contributed by atoms with Crippen molar-refractivity contribution in [2.45, 2.75) is 0 Å². The van der Waals surface area contributed by atoms with E-state index in [1.165, 1.54) is 4.68 Å². The Morgan fingerprint density at radius 2 is 2.46 bits per heavy atom. The van der Waals surface area contributed by atoms with Gasteiger partial charge in [-0.3, -0.25) is 4.79 Å². The maximum atomic E-state index is 11.3. The summed E-state index contributed by atoms with van der Waals surface area (Å²) in [6, 6.07) is 0. The summed E-state index contributed by atoms with van der Waals surface area (Å²) in [5.41, 5.74) is 5.82. The van der Waals surface area contributed by atoms with Crippen molar-refractivity contribution in [2.75, 3.05) is 18.4 Å². The van der Waals surface area contributed by atoms with Gasteiger partial charge in [0.15, 0.2) is 0 Å². The van der Waals surface area contributed by atoms with E-state index in [1.807, 2.05) is 0 Å². The van der Waals surface area contributed by atoms with E-state index in [1.54, 1.807) is 13.2 Å². The third kappa shape index (κ3) is 2.28. The molecule has 6 heteroatoms. The molecule has 0 spiro atoms. The van der Waals surface area contributed by atoms with Crippen molar-refractivity contribution in [2.24, 2.45) is 12.8 Å². The van der Waals surface area contributed by atoms with Crippen LogP contribution in [-0.2, 0) is 7.05 Å². The van der Waals surface area contributed by atoms with Gasteiger partial charge in [0.1, 0.15) is 4.47 Å². The molecule has 0 saturated heterocycles. The average Bonchev–Trinajstić information content (AvgIpc) is 2.13. The van der Waals surface area contributed by atoms with Crippen LogP contribution in [0.3, 0.4) is 0 Å². The quantitative estimate of drug-likeness (QED) is 0.783. The monoisotopic (exact) mass is 246 g/mol. The molecule has 1 rings (SSSR count). The van der Waals surface area contributed by atoms with Crippen molar-refractivity contribution in [1.82, 2.24) is 9.78 Å². The molecule has 1 aromatic rings. The van der Waals surface area contributed by atoms with Gasteiger partial charge in [-0.2, -0.15) is 5.10 Å². The lowest BCUT2D eigenvalue weighted by atomic mass is 10.4. The van der Waals surface area contributed by atoms with E-state index in [4.69, 9.17) is 5.73 Å². The molecule has 13 heavy (non-hydrogen) atoms. The lowest BCUT2D eigenvalue weighted by Gasteiger charge is -2.06. The molecule has 3 N–H and O–H groups in total. The third-order valence-electron chi connectivity index (χ3n) is 1.54. The van der Waals surface area contributed by atoms with Crippen LogP contribution in [0.2, 0.25) is 0 Å². The SMILES string of the molecule is Cn1ncc(NCCN)c(Br)c1=O. The highest BCUT2D eigenvalue weighted by Crippen LogP contribution is 2.14. The van der Waals surface area contributed by atoms with Crippen molar-refractivity contribution < 1.29 is 0 Å². The van der Waals surface area contributed by atoms with Gasteiger partial charge >= 0.3 is 0 Å². The molecule has 0 radical (unpaired) electrons. The molecule has 0 atom stereocenters. The molecule has 0 aliphatic rings. The summed E-state index contributed by atoms with van der Waals surface area (Å²) < 4.78 is 1.75. The van der Waals surface area contributed by atoms with Crippen molar-refractivity contribution in [1.29, 1.82) is 0 Å². The van der Waals surface area contributed by atoms with Crippen LogP contribution in [0.25, 0.3) is 0 Å². The number of nitrogens with zero attached hydrogens (tertiary/aromatic N) is 2. The molecule has 1 aromatic heterocycles. The zero-order chi connectivity index (χ0) is 9.84. The van der Waals surface area contributed by atoms with E-state index in [-0.39, 0.29) is 5.56 Å². The van der Waals surface area contributed by atoms with Gasteiger partial charge in [0, 0.05) is 20.1 Å². The second-order valence-electron chi connectivity index (χ2n) is 2.52. The molecule has 1 heterocycles. The summed E-state index contributed by atoms with van der Waals surface area (Å²) >= 11 is 3.18. The van der Waals surface area contributed by atoms with E-state index in [2.05, 4.69) is 26.3 Å². The highest BCUT2D eigenvalue weighted by molar-refractivity contribution is 9.10. The lowest BCUT2D eigenvalue weighted by Crippen LogP contribution is -2.22. The van der Waals surface area contributed by atoms with E-state index >= 15 is 0 Å². The minimum atomic E-state index is -0.165. The van der Waals surface area contributed by atoms with Gasteiger partial charge in [0.25, 0.3) is 5.56 Å². The average molecular weight is 247 g/mol. The van der Waals surface area contributed by atoms with Crippen LogP contribution in [-0.4, -0.2) is 22.9 Å². The second kappa shape index (κ2) is 4.38. The second-order valence-corrected chi connectivity index (χ2v) is 3.31. The van der Waals surface area contributed by atoms with Crippen LogP contribution in [0.15, 0.2) is 15.5 Å². The number of hydrogen-bond donors (Lipinski definition) is 2. The first kappa shape index (κ1) is 10.2. The standard InChI is InChI=1S/C7H11BrN4O/c1-12-7(13)6(8)5(4-11-12)10-3-2-9/h4,10H,2-3,9H2,1H3. The van der Waals surface area contributed by atoms with Crippen molar-refractivity contribution >= 4 is 21.6 Å². The van der Waals surface area contributed by atoms with E-state index in [0.717, 1.165) is 0 Å². The predicted octanol–water partition coefficient (Wildman–Crippen LogP) is -0.0866. The normalized spacial score (nSPS) is 10.1. The Morgan fingerprint density at radius 3 is 3.08 bits per heavy atom. The lowest BCUT2D eigenvalue weighted by molar-refractivity contribution is 0.703. The minimum absolute atomic E-state index is 0.165. The highest BCUT2D eigenvalue weighted by Gasteiger charge is 2.04. The fourth-order valence-electron chi connectivity index (χ4n) is 0.841. The number of halogens is 1. The molecular formula is C7H11BrN4O. The Balaban J connectivity index is 2.97. The Kier molecular flexibility index (Phi) is 3.44. The Labute approximate surface area is 84.1 Å². The molecule has 0 aromatic carbocycles. The summed E-state index contributed by atoms with van der Waals surface area (Å²) in [4.78, 5) is 11.3. The van der Waals surface area contributed by atoms with Gasteiger partial charge in [-0.1, -0.05) is 0 Å². The van der Waals surface area contributed by atoms with Crippen LogP contribution < -0.4 is 16.6 Å². The number of aryl methyl sites for hydroxylation is 1. The van der Waals surface area contributed by atoms with Crippen LogP contribution in [0.4, 0.5) is 5.69 Å². The summed E-state index contributed by atoms with van der Waals surface area (Å²) in [6.45, 7) is 1.13. The number of aromatic nitrogens is 2. The zero-order valence-electron chi connectivity index (χ0n) is 7.25. The number of nitrogens with one attached hydrogen (secondary N) is 1. The van der Waals surface area contributed by atoms with Crippen molar-refractivity contribution in [3.8, 4) is 0 Å². The number of nitrogens with two attached hydrogens (primary N) is 1. The van der Waals surface area contributed by atoms with E-state index in [9.17, 15) is 4.79 Å². The Hall–Kier alpha value is -0.880. The summed E-state index contributed by atoms with van der Waals surface area (Å²) in [5.74, 6) is 0. The molecule has 0 bridgehead atoms. The molecule has 5 nitrogen and oxygen atoms in total. The molecule has 72 valence electrons. The summed E-state index contributed by atoms with van der Waals surface area (Å²) in [6.07, 6.45) is 1.58. The van der Waals surface area contributed by atoms with E-state index in [0.29, 0.717) is 23.2 Å². The molecular weight excluding hydrogens is 236 g/mol. The summed E-state index contributed by atoms with van der Waals surface area (Å²) in [7, 11) is 1.60. The topological polar surface area (TPSA) is 72.9 Å². The minimum Gasteiger partial charge on any atom is -0.381 e. The smallest absolute Gasteiger partial charge is 0.282 e. The maximum Gasteiger partial charge on any atom is 0.282 e. The first-order valence-electron chi connectivity index (χ1n) is 3.82. The predicted molar refractivity (Wildman–Crippen MR) is 54.7 cm³/mol. The zero-order valence-corrected chi connectivity index (χ0v) is 8.84. The van der Waals surface area contributed by atoms with Crippen LogP contribution in [0, 0.1) is 0 Å². The molecule has 0 fully saturated rings. The fraction of sp³-hybridized carbons (Fsp3) is 0.429. The Morgan fingerprint density at radius 1 is 1.77 bits per heavy atom. The van der Waals surface area contributed by atoms with Gasteiger partial charge in [-0.05, 0) is 15.9 Å². The molecule has 0 aliphatic carbocycles. The van der Waals surface area contributed by atoms with Gasteiger partial charge in [0.2, 0.25) is 0 Å². The first-order valence-corrected chi connectivity index (χ1v) is 4.62. The molecule has 0 amide bonds. The van der Waals surface area contributed by atoms with Crippen molar-refractivity contribution in [3.63, 3.8) is 0 Å². The Bertz CT molecular complexity index is 349. The largest absolute Gasteiger partial charge is 0.381 e. The first-order chi connectivity index (χ1) is 6.16. The van der Waals surface area contributed by atoms with Crippen LogP contribution >= 0.6 is 15.9 Å². The number of hydrogen-bond acceptors (Lipinski definition) is 4. The van der Waals surface area contributed by atoms with Gasteiger partial charge < -0.3 is 11.1 Å². The van der Waals surface area contributed by atoms with E-state index < -0.39 is 0 Å². The molecule has 0 unspecified atom stereocenters. The fourth-order valence-corrected chi connectivity index (χ4v) is 1.34. The molecule has 0 aliphatic heterocycles. The van der Waals surface area contributed by atoms with Gasteiger partial charge in [0.05, 0.1) is 11.9 Å². The highest BCUT2D eigenvalue weighted by atomic mass is 79.9. The summed E-state index contributed by atoms with van der Waals surface area (Å²) in [5, 5.41) is 6.85. The third-order valence-corrected chi connectivity index (χ3v) is 2.30. The van der Waals surface area contributed by atoms with Crippen molar-refractivity contribution in [3.05, 3.63) is 21.0 Å². The van der Waals surface area contributed by atoms with Crippen LogP contribution in [0.5, 0.6) is 0 Å².